The lowest BCUT2D eigenvalue weighted by atomic mass is 9.83. The summed E-state index contributed by atoms with van der Waals surface area (Å²) < 4.78 is 2.00. The first-order valence-electron chi connectivity index (χ1n) is 6.75. The first kappa shape index (κ1) is 13.6. The first-order valence-corrected chi connectivity index (χ1v) is 7.12. The molecule has 0 spiro atoms. The third-order valence-electron chi connectivity index (χ3n) is 3.92. The molecule has 2 rings (SSSR count). The van der Waals surface area contributed by atoms with Crippen molar-refractivity contribution >= 4 is 17.4 Å². The second-order valence-corrected chi connectivity index (χ2v) is 5.96. The minimum atomic E-state index is 0.0681. The normalized spacial score (nSPS) is 23.9. The fourth-order valence-corrected chi connectivity index (χ4v) is 3.17. The summed E-state index contributed by atoms with van der Waals surface area (Å²) in [7, 11) is 0. The zero-order valence-corrected chi connectivity index (χ0v) is 12.2. The number of rotatable bonds is 4. The van der Waals surface area contributed by atoms with Gasteiger partial charge in [0.25, 0.3) is 0 Å². The van der Waals surface area contributed by atoms with E-state index in [1.165, 1.54) is 0 Å². The van der Waals surface area contributed by atoms with Crippen LogP contribution in [0.4, 0.5) is 0 Å². The summed E-state index contributed by atoms with van der Waals surface area (Å²) in [6, 6.07) is 0. The zero-order chi connectivity index (χ0) is 13.3. The maximum atomic E-state index is 11.5. The van der Waals surface area contributed by atoms with E-state index >= 15 is 0 Å². The van der Waals surface area contributed by atoms with Crippen LogP contribution in [0, 0.1) is 5.41 Å². The maximum absolute atomic E-state index is 11.5. The summed E-state index contributed by atoms with van der Waals surface area (Å²) in [6.07, 6.45) is 4.08. The van der Waals surface area contributed by atoms with Gasteiger partial charge in [0.2, 0.25) is 0 Å². The second kappa shape index (κ2) is 5.04. The molecule has 1 atom stereocenters. The number of nitrogens with zero attached hydrogens (tertiary/aromatic N) is 2. The second-order valence-electron chi connectivity index (χ2n) is 5.58. The van der Waals surface area contributed by atoms with Crippen molar-refractivity contribution in [3.05, 3.63) is 16.4 Å². The molecule has 0 aliphatic heterocycles. The molecule has 0 bridgehead atoms. The average molecular weight is 269 g/mol. The van der Waals surface area contributed by atoms with Crippen LogP contribution < -0.4 is 0 Å². The van der Waals surface area contributed by atoms with Crippen LogP contribution in [0.5, 0.6) is 0 Å². The summed E-state index contributed by atoms with van der Waals surface area (Å²) >= 11 is 6.42. The molecular weight excluding hydrogens is 248 g/mol. The summed E-state index contributed by atoms with van der Waals surface area (Å²) in [5, 5.41) is 5.34. The number of aryl methyl sites for hydroxylation is 2. The minimum absolute atomic E-state index is 0.0681. The molecule has 1 unspecified atom stereocenters. The Morgan fingerprint density at radius 1 is 1.44 bits per heavy atom. The fourth-order valence-electron chi connectivity index (χ4n) is 2.84. The van der Waals surface area contributed by atoms with Gasteiger partial charge in [0.05, 0.1) is 16.4 Å². The molecule has 100 valence electrons. The van der Waals surface area contributed by atoms with Crippen LogP contribution in [-0.2, 0) is 24.2 Å². The molecule has 0 radical (unpaired) electrons. The van der Waals surface area contributed by atoms with Crippen molar-refractivity contribution in [3.63, 3.8) is 0 Å². The molecular formula is C14H21ClN2O. The quantitative estimate of drug-likeness (QED) is 0.839. The Hall–Kier alpha value is -0.830. The standard InChI is InChI=1S/C14H21ClN2O/c1-4-11-13(15)12(17(5-2)16-11)9-14(3)7-6-10(18)8-14/h4-9H2,1-3H3. The van der Waals surface area contributed by atoms with Crippen LogP contribution in [-0.4, -0.2) is 15.6 Å². The Morgan fingerprint density at radius 3 is 2.67 bits per heavy atom. The van der Waals surface area contributed by atoms with E-state index in [-0.39, 0.29) is 5.41 Å². The zero-order valence-electron chi connectivity index (χ0n) is 11.4. The number of carbonyl (C=O) groups is 1. The number of aromatic nitrogens is 2. The van der Waals surface area contributed by atoms with Crippen molar-refractivity contribution in [2.75, 3.05) is 0 Å². The molecule has 1 fully saturated rings. The van der Waals surface area contributed by atoms with Crippen molar-refractivity contribution in [3.8, 4) is 0 Å². The average Bonchev–Trinajstić information content (AvgIpc) is 2.82. The number of carbonyl (C=O) groups excluding carboxylic acids is 1. The third-order valence-corrected chi connectivity index (χ3v) is 4.36. The number of hydrogen-bond acceptors (Lipinski definition) is 2. The Bertz CT molecular complexity index is 467. The van der Waals surface area contributed by atoms with Gasteiger partial charge in [-0.3, -0.25) is 9.48 Å². The molecule has 0 saturated heterocycles. The lowest BCUT2D eigenvalue weighted by molar-refractivity contribution is -0.117. The van der Waals surface area contributed by atoms with Gasteiger partial charge in [-0.15, -0.1) is 0 Å². The van der Waals surface area contributed by atoms with E-state index in [4.69, 9.17) is 11.6 Å². The molecule has 0 amide bonds. The predicted octanol–water partition coefficient (Wildman–Crippen LogP) is 3.42. The van der Waals surface area contributed by atoms with Crippen molar-refractivity contribution in [2.24, 2.45) is 5.41 Å². The molecule has 1 saturated carbocycles. The van der Waals surface area contributed by atoms with Crippen LogP contribution >= 0.6 is 11.6 Å². The smallest absolute Gasteiger partial charge is 0.133 e. The van der Waals surface area contributed by atoms with Gasteiger partial charge in [-0.1, -0.05) is 25.4 Å². The Balaban J connectivity index is 2.28. The molecule has 1 aliphatic carbocycles. The highest BCUT2D eigenvalue weighted by Crippen LogP contribution is 2.40. The van der Waals surface area contributed by atoms with E-state index in [0.29, 0.717) is 12.2 Å². The van der Waals surface area contributed by atoms with E-state index in [1.54, 1.807) is 0 Å². The van der Waals surface area contributed by atoms with Crippen LogP contribution in [0.3, 0.4) is 0 Å². The summed E-state index contributed by atoms with van der Waals surface area (Å²) in [5.74, 6) is 0.381. The maximum Gasteiger partial charge on any atom is 0.133 e. The SMILES string of the molecule is CCc1nn(CC)c(CC2(C)CCC(=O)C2)c1Cl. The van der Waals surface area contributed by atoms with Crippen LogP contribution in [0.1, 0.15) is 51.4 Å². The van der Waals surface area contributed by atoms with Crippen molar-refractivity contribution in [1.29, 1.82) is 0 Å². The topological polar surface area (TPSA) is 34.9 Å². The Morgan fingerprint density at radius 2 is 2.17 bits per heavy atom. The van der Waals surface area contributed by atoms with Gasteiger partial charge < -0.3 is 0 Å². The lowest BCUT2D eigenvalue weighted by Crippen LogP contribution is -2.18. The molecule has 0 N–H and O–H groups in total. The van der Waals surface area contributed by atoms with Crippen molar-refractivity contribution < 1.29 is 4.79 Å². The number of Topliss-reactive ketones (excluding diaryl/α,β-unsaturated/α-hetero) is 1. The minimum Gasteiger partial charge on any atom is -0.300 e. The predicted molar refractivity (Wildman–Crippen MR) is 73.0 cm³/mol. The highest BCUT2D eigenvalue weighted by Gasteiger charge is 2.35. The van der Waals surface area contributed by atoms with E-state index in [9.17, 15) is 4.79 Å². The van der Waals surface area contributed by atoms with Crippen LogP contribution in [0.25, 0.3) is 0 Å². The molecule has 1 aromatic rings. The highest BCUT2D eigenvalue weighted by atomic mass is 35.5. The molecule has 4 heteroatoms. The summed E-state index contributed by atoms with van der Waals surface area (Å²) in [4.78, 5) is 11.5. The lowest BCUT2D eigenvalue weighted by Gasteiger charge is -2.22. The third kappa shape index (κ3) is 2.46. The van der Waals surface area contributed by atoms with Gasteiger partial charge in [0, 0.05) is 19.4 Å². The van der Waals surface area contributed by atoms with Crippen LogP contribution in [0.2, 0.25) is 5.02 Å². The van der Waals surface area contributed by atoms with E-state index in [1.807, 2.05) is 4.68 Å². The number of ketones is 1. The van der Waals surface area contributed by atoms with Gasteiger partial charge in [-0.2, -0.15) is 5.10 Å². The number of hydrogen-bond donors (Lipinski definition) is 0. The van der Waals surface area contributed by atoms with Gasteiger partial charge in [0.1, 0.15) is 5.78 Å². The molecule has 1 aromatic heterocycles. The Labute approximate surface area is 114 Å². The summed E-state index contributed by atoms with van der Waals surface area (Å²) in [6.45, 7) is 7.17. The summed E-state index contributed by atoms with van der Waals surface area (Å²) in [5.41, 5.74) is 2.15. The molecule has 1 aliphatic rings. The first-order chi connectivity index (χ1) is 8.49. The van der Waals surface area contributed by atoms with E-state index < -0.39 is 0 Å². The monoisotopic (exact) mass is 268 g/mol. The van der Waals surface area contributed by atoms with Crippen molar-refractivity contribution in [2.45, 2.75) is 59.4 Å². The molecule has 3 nitrogen and oxygen atoms in total. The van der Waals surface area contributed by atoms with E-state index in [0.717, 1.165) is 48.6 Å². The Kier molecular flexibility index (Phi) is 3.81. The van der Waals surface area contributed by atoms with Gasteiger partial charge in [-0.25, -0.2) is 0 Å². The molecule has 18 heavy (non-hydrogen) atoms. The van der Waals surface area contributed by atoms with Crippen LogP contribution in [0.15, 0.2) is 0 Å². The van der Waals surface area contributed by atoms with Gasteiger partial charge in [-0.05, 0) is 31.6 Å². The van der Waals surface area contributed by atoms with E-state index in [2.05, 4.69) is 25.9 Å². The number of halogens is 1. The van der Waals surface area contributed by atoms with Gasteiger partial charge in [0.15, 0.2) is 0 Å². The molecule has 0 aromatic carbocycles. The highest BCUT2D eigenvalue weighted by molar-refractivity contribution is 6.31. The molecule has 1 heterocycles. The largest absolute Gasteiger partial charge is 0.300 e. The van der Waals surface area contributed by atoms with Crippen molar-refractivity contribution in [1.82, 2.24) is 9.78 Å². The van der Waals surface area contributed by atoms with Gasteiger partial charge >= 0.3 is 0 Å². The fraction of sp³-hybridized carbons (Fsp3) is 0.714.